The fourth-order valence-electron chi connectivity index (χ4n) is 2.13. The summed E-state index contributed by atoms with van der Waals surface area (Å²) in [5.74, 6) is -0.194. The molecule has 1 nitrogen and oxygen atoms in total. The van der Waals surface area contributed by atoms with Gasteiger partial charge in [-0.3, -0.25) is 0 Å². The van der Waals surface area contributed by atoms with E-state index in [1.807, 2.05) is 18.2 Å². The molecule has 2 rings (SSSR count). The van der Waals surface area contributed by atoms with Gasteiger partial charge < -0.3 is 5.32 Å². The Bertz CT molecular complexity index is 536. The maximum atomic E-state index is 13.3. The second-order valence-corrected chi connectivity index (χ2v) is 4.81. The van der Waals surface area contributed by atoms with Gasteiger partial charge in [0, 0.05) is 6.04 Å². The Morgan fingerprint density at radius 3 is 2.42 bits per heavy atom. The van der Waals surface area contributed by atoms with Gasteiger partial charge in [0.2, 0.25) is 0 Å². The van der Waals surface area contributed by atoms with Crippen molar-refractivity contribution in [3.05, 3.63) is 59.9 Å². The molecule has 0 amide bonds. The van der Waals surface area contributed by atoms with Gasteiger partial charge in [0.05, 0.1) is 0 Å². The topological polar surface area (TPSA) is 12.0 Å². The van der Waals surface area contributed by atoms with Crippen LogP contribution in [0.5, 0.6) is 0 Å². The molecule has 2 aromatic carbocycles. The predicted octanol–water partition coefficient (Wildman–Crippen LogP) is 4.55. The highest BCUT2D eigenvalue weighted by Gasteiger charge is 2.06. The van der Waals surface area contributed by atoms with Crippen molar-refractivity contribution in [3.8, 4) is 11.1 Å². The number of nitrogens with one attached hydrogen (secondary N) is 1. The van der Waals surface area contributed by atoms with E-state index in [0.29, 0.717) is 6.04 Å². The largest absolute Gasteiger partial charge is 0.310 e. The number of hydrogen-bond acceptors (Lipinski definition) is 1. The molecule has 0 saturated carbocycles. The van der Waals surface area contributed by atoms with E-state index in [-0.39, 0.29) is 5.82 Å². The van der Waals surface area contributed by atoms with Crippen molar-refractivity contribution >= 4 is 0 Å². The molecular weight excluding hydrogens is 237 g/mol. The molecule has 1 N–H and O–H groups in total. The fourth-order valence-corrected chi connectivity index (χ4v) is 2.13. The molecule has 2 aromatic rings. The summed E-state index contributed by atoms with van der Waals surface area (Å²) in [6, 6.07) is 15.3. The molecule has 0 saturated heterocycles. The summed E-state index contributed by atoms with van der Waals surface area (Å²) in [4.78, 5) is 0. The standard InChI is InChI=1S/C17H20FN/c1-3-10-19-13(2)14-6-4-7-15(11-14)16-8-5-9-17(18)12-16/h4-9,11-13,19H,3,10H2,1-2H3. The van der Waals surface area contributed by atoms with Gasteiger partial charge in [-0.2, -0.15) is 0 Å². The Kier molecular flexibility index (Phi) is 4.69. The van der Waals surface area contributed by atoms with E-state index >= 15 is 0 Å². The molecule has 19 heavy (non-hydrogen) atoms. The van der Waals surface area contributed by atoms with Crippen LogP contribution in [0.2, 0.25) is 0 Å². The van der Waals surface area contributed by atoms with Crippen LogP contribution in [0, 0.1) is 5.82 Å². The average Bonchev–Trinajstić information content (AvgIpc) is 2.45. The molecular formula is C17H20FN. The lowest BCUT2D eigenvalue weighted by atomic mass is 10.00. The second kappa shape index (κ2) is 6.48. The molecule has 0 heterocycles. The third-order valence-electron chi connectivity index (χ3n) is 3.25. The van der Waals surface area contributed by atoms with E-state index < -0.39 is 0 Å². The molecule has 1 atom stereocenters. The third kappa shape index (κ3) is 3.65. The SMILES string of the molecule is CCCNC(C)c1cccc(-c2cccc(F)c2)c1. The molecule has 0 aromatic heterocycles. The minimum absolute atomic E-state index is 0.194. The van der Waals surface area contributed by atoms with Gasteiger partial charge in [0.1, 0.15) is 5.82 Å². The van der Waals surface area contributed by atoms with E-state index in [1.165, 1.54) is 11.6 Å². The lowest BCUT2D eigenvalue weighted by Gasteiger charge is -2.14. The first-order valence-corrected chi connectivity index (χ1v) is 6.80. The summed E-state index contributed by atoms with van der Waals surface area (Å²) in [5.41, 5.74) is 3.21. The van der Waals surface area contributed by atoms with Crippen LogP contribution in [0.25, 0.3) is 11.1 Å². The van der Waals surface area contributed by atoms with Gasteiger partial charge in [-0.05, 0) is 54.8 Å². The smallest absolute Gasteiger partial charge is 0.123 e. The van der Waals surface area contributed by atoms with Crippen molar-refractivity contribution in [2.45, 2.75) is 26.3 Å². The van der Waals surface area contributed by atoms with Crippen LogP contribution in [0.15, 0.2) is 48.5 Å². The summed E-state index contributed by atoms with van der Waals surface area (Å²) in [6.07, 6.45) is 1.12. The molecule has 0 aliphatic rings. The first kappa shape index (κ1) is 13.8. The first-order chi connectivity index (χ1) is 9.20. The van der Waals surface area contributed by atoms with Gasteiger partial charge in [-0.25, -0.2) is 4.39 Å². The lowest BCUT2D eigenvalue weighted by molar-refractivity contribution is 0.571. The van der Waals surface area contributed by atoms with Crippen molar-refractivity contribution in [3.63, 3.8) is 0 Å². The molecule has 2 heteroatoms. The Morgan fingerprint density at radius 1 is 1.05 bits per heavy atom. The average molecular weight is 257 g/mol. The maximum absolute atomic E-state index is 13.3. The Labute approximate surface area is 114 Å². The van der Waals surface area contributed by atoms with Crippen LogP contribution in [0.4, 0.5) is 4.39 Å². The summed E-state index contributed by atoms with van der Waals surface area (Å²) < 4.78 is 13.3. The van der Waals surface area contributed by atoms with Crippen LogP contribution >= 0.6 is 0 Å². The minimum Gasteiger partial charge on any atom is -0.310 e. The van der Waals surface area contributed by atoms with E-state index in [0.717, 1.165) is 24.1 Å². The zero-order valence-corrected chi connectivity index (χ0v) is 11.5. The van der Waals surface area contributed by atoms with Crippen LogP contribution in [0.1, 0.15) is 31.9 Å². The van der Waals surface area contributed by atoms with Gasteiger partial charge in [-0.1, -0.05) is 37.3 Å². The van der Waals surface area contributed by atoms with Crippen LogP contribution < -0.4 is 5.32 Å². The van der Waals surface area contributed by atoms with Gasteiger partial charge in [-0.15, -0.1) is 0 Å². The van der Waals surface area contributed by atoms with Gasteiger partial charge in [0.15, 0.2) is 0 Å². The first-order valence-electron chi connectivity index (χ1n) is 6.80. The third-order valence-corrected chi connectivity index (χ3v) is 3.25. The highest BCUT2D eigenvalue weighted by molar-refractivity contribution is 5.64. The van der Waals surface area contributed by atoms with Crippen molar-refractivity contribution in [1.29, 1.82) is 0 Å². The second-order valence-electron chi connectivity index (χ2n) is 4.81. The zero-order valence-electron chi connectivity index (χ0n) is 11.5. The molecule has 0 aliphatic heterocycles. The molecule has 0 spiro atoms. The van der Waals surface area contributed by atoms with Crippen molar-refractivity contribution in [2.24, 2.45) is 0 Å². The van der Waals surface area contributed by atoms with Crippen LogP contribution in [0.3, 0.4) is 0 Å². The highest BCUT2D eigenvalue weighted by atomic mass is 19.1. The summed E-state index contributed by atoms with van der Waals surface area (Å²) >= 11 is 0. The number of rotatable bonds is 5. The van der Waals surface area contributed by atoms with E-state index in [4.69, 9.17) is 0 Å². The molecule has 0 fully saturated rings. The lowest BCUT2D eigenvalue weighted by Crippen LogP contribution is -2.19. The van der Waals surface area contributed by atoms with Crippen LogP contribution in [-0.2, 0) is 0 Å². The molecule has 1 unspecified atom stereocenters. The van der Waals surface area contributed by atoms with Crippen molar-refractivity contribution < 1.29 is 4.39 Å². The van der Waals surface area contributed by atoms with Crippen LogP contribution in [-0.4, -0.2) is 6.54 Å². The number of halogens is 1. The normalized spacial score (nSPS) is 12.4. The van der Waals surface area contributed by atoms with Gasteiger partial charge in [0.25, 0.3) is 0 Å². The monoisotopic (exact) mass is 257 g/mol. The fraction of sp³-hybridized carbons (Fsp3) is 0.294. The predicted molar refractivity (Wildman–Crippen MR) is 78.5 cm³/mol. The Hall–Kier alpha value is -1.67. The molecule has 0 radical (unpaired) electrons. The number of benzene rings is 2. The molecule has 0 bridgehead atoms. The summed E-state index contributed by atoms with van der Waals surface area (Å²) in [6.45, 7) is 5.31. The minimum atomic E-state index is -0.194. The van der Waals surface area contributed by atoms with E-state index in [1.54, 1.807) is 12.1 Å². The quantitative estimate of drug-likeness (QED) is 0.828. The molecule has 0 aliphatic carbocycles. The van der Waals surface area contributed by atoms with Crippen molar-refractivity contribution in [2.75, 3.05) is 6.54 Å². The summed E-state index contributed by atoms with van der Waals surface area (Å²) in [5, 5.41) is 3.46. The highest BCUT2D eigenvalue weighted by Crippen LogP contribution is 2.23. The van der Waals surface area contributed by atoms with Gasteiger partial charge >= 0.3 is 0 Å². The van der Waals surface area contributed by atoms with Crippen molar-refractivity contribution in [1.82, 2.24) is 5.32 Å². The maximum Gasteiger partial charge on any atom is 0.123 e. The Morgan fingerprint density at radius 2 is 1.74 bits per heavy atom. The summed E-state index contributed by atoms with van der Waals surface area (Å²) in [7, 11) is 0. The van der Waals surface area contributed by atoms with E-state index in [2.05, 4.69) is 31.3 Å². The number of hydrogen-bond donors (Lipinski definition) is 1. The van der Waals surface area contributed by atoms with E-state index in [9.17, 15) is 4.39 Å². The Balaban J connectivity index is 2.24. The molecule has 100 valence electrons. The zero-order chi connectivity index (χ0) is 13.7.